The summed E-state index contributed by atoms with van der Waals surface area (Å²) in [6.07, 6.45) is 7.57. The van der Waals surface area contributed by atoms with E-state index in [1.807, 2.05) is 0 Å². The maximum atomic E-state index is 9.12. The molecule has 1 atom stereocenters. The number of nitrogens with one attached hydrogen (secondary N) is 1. The molecule has 0 fully saturated rings. The second-order valence-corrected chi connectivity index (χ2v) is 3.93. The van der Waals surface area contributed by atoms with Crippen molar-refractivity contribution < 1.29 is 15.0 Å². The van der Waals surface area contributed by atoms with Gasteiger partial charge in [-0.05, 0) is 24.0 Å². The Labute approximate surface area is 107 Å². The van der Waals surface area contributed by atoms with Crippen LogP contribution in [0.5, 0.6) is 0 Å². The van der Waals surface area contributed by atoms with Gasteiger partial charge in [0, 0.05) is 6.04 Å². The van der Waals surface area contributed by atoms with Crippen LogP contribution in [0.15, 0.2) is 24.3 Å². The number of hydrogen-bond donors (Lipinski definition) is 3. The molecule has 0 unspecified atom stereocenters. The third-order valence-corrected chi connectivity index (χ3v) is 2.72. The highest BCUT2D eigenvalue weighted by Gasteiger charge is 2.20. The van der Waals surface area contributed by atoms with Crippen molar-refractivity contribution in [3.8, 4) is 12.3 Å². The summed E-state index contributed by atoms with van der Waals surface area (Å²) in [6.45, 7) is -0.112. The third kappa shape index (κ3) is 4.21. The van der Waals surface area contributed by atoms with Crippen molar-refractivity contribution >= 4 is 5.97 Å². The number of carboxylic acid groups (broad SMARTS) is 1. The van der Waals surface area contributed by atoms with E-state index in [-0.39, 0.29) is 0 Å². The van der Waals surface area contributed by atoms with Crippen LogP contribution in [-0.2, 0) is 11.2 Å². The zero-order valence-electron chi connectivity index (χ0n) is 10.1. The topological polar surface area (TPSA) is 69.6 Å². The Kier molecular flexibility index (Phi) is 5.92. The SMILES string of the molecule is C#CCN[C@@H]1CCc2ccccc21.O=C(O)CO. The quantitative estimate of drug-likeness (QED) is 0.696. The predicted molar refractivity (Wildman–Crippen MR) is 69.1 cm³/mol. The number of rotatable bonds is 3. The summed E-state index contributed by atoms with van der Waals surface area (Å²) in [5, 5.41) is 18.4. The zero-order chi connectivity index (χ0) is 13.4. The van der Waals surface area contributed by atoms with Gasteiger partial charge < -0.3 is 10.2 Å². The number of aliphatic hydroxyl groups is 1. The summed E-state index contributed by atoms with van der Waals surface area (Å²) in [7, 11) is 0. The average molecular weight is 247 g/mol. The molecule has 4 nitrogen and oxygen atoms in total. The van der Waals surface area contributed by atoms with Gasteiger partial charge in [-0.3, -0.25) is 5.32 Å². The molecule has 96 valence electrons. The number of aliphatic carboxylic acids is 1. The summed E-state index contributed by atoms with van der Waals surface area (Å²) in [4.78, 5) is 9.12. The first-order valence-electron chi connectivity index (χ1n) is 5.76. The molecule has 18 heavy (non-hydrogen) atoms. The minimum atomic E-state index is -1.19. The van der Waals surface area contributed by atoms with Crippen LogP contribution in [0.25, 0.3) is 0 Å². The van der Waals surface area contributed by atoms with Crippen molar-refractivity contribution in [1.82, 2.24) is 5.32 Å². The van der Waals surface area contributed by atoms with Gasteiger partial charge in [-0.2, -0.15) is 0 Å². The molecule has 1 aliphatic carbocycles. The highest BCUT2D eigenvalue weighted by Crippen LogP contribution is 2.30. The number of fused-ring (bicyclic) bond motifs is 1. The molecule has 0 aromatic heterocycles. The van der Waals surface area contributed by atoms with Crippen molar-refractivity contribution in [3.63, 3.8) is 0 Å². The first-order chi connectivity index (χ1) is 8.69. The van der Waals surface area contributed by atoms with Crippen LogP contribution in [0.4, 0.5) is 0 Å². The van der Waals surface area contributed by atoms with Gasteiger partial charge in [0.25, 0.3) is 0 Å². The van der Waals surface area contributed by atoms with E-state index >= 15 is 0 Å². The summed E-state index contributed by atoms with van der Waals surface area (Å²) in [6, 6.07) is 9.06. The lowest BCUT2D eigenvalue weighted by molar-refractivity contribution is -0.140. The molecule has 4 heteroatoms. The van der Waals surface area contributed by atoms with Crippen LogP contribution < -0.4 is 5.32 Å². The maximum Gasteiger partial charge on any atom is 0.329 e. The summed E-state index contributed by atoms with van der Waals surface area (Å²) < 4.78 is 0. The summed E-state index contributed by atoms with van der Waals surface area (Å²) >= 11 is 0. The van der Waals surface area contributed by atoms with Crippen molar-refractivity contribution in [2.45, 2.75) is 18.9 Å². The minimum Gasteiger partial charge on any atom is -0.480 e. The van der Waals surface area contributed by atoms with E-state index in [2.05, 4.69) is 35.5 Å². The van der Waals surface area contributed by atoms with Crippen molar-refractivity contribution in [1.29, 1.82) is 0 Å². The minimum absolute atomic E-state index is 0.479. The number of hydrogen-bond acceptors (Lipinski definition) is 3. The fourth-order valence-corrected chi connectivity index (χ4v) is 1.95. The Morgan fingerprint density at radius 1 is 1.50 bits per heavy atom. The van der Waals surface area contributed by atoms with E-state index in [9.17, 15) is 0 Å². The molecule has 2 rings (SSSR count). The second kappa shape index (κ2) is 7.49. The maximum absolute atomic E-state index is 9.12. The van der Waals surface area contributed by atoms with E-state index in [0.717, 1.165) is 0 Å². The lowest BCUT2D eigenvalue weighted by Gasteiger charge is -2.10. The first kappa shape index (κ1) is 14.2. The Hall–Kier alpha value is -1.83. The monoisotopic (exact) mass is 247 g/mol. The van der Waals surface area contributed by atoms with Crippen molar-refractivity contribution in [2.24, 2.45) is 0 Å². The molecule has 0 saturated carbocycles. The lowest BCUT2D eigenvalue weighted by Crippen LogP contribution is -2.19. The van der Waals surface area contributed by atoms with E-state index < -0.39 is 12.6 Å². The zero-order valence-corrected chi connectivity index (χ0v) is 10.1. The number of carboxylic acids is 1. The Morgan fingerprint density at radius 2 is 2.17 bits per heavy atom. The van der Waals surface area contributed by atoms with Crippen LogP contribution in [-0.4, -0.2) is 29.3 Å². The molecule has 0 saturated heterocycles. The number of carbonyl (C=O) groups is 1. The predicted octanol–water partition coefficient (Wildman–Crippen LogP) is 0.960. The molecule has 1 aromatic rings. The first-order valence-corrected chi connectivity index (χ1v) is 5.76. The number of benzene rings is 1. The molecule has 0 aliphatic heterocycles. The fraction of sp³-hybridized carbons (Fsp3) is 0.357. The van der Waals surface area contributed by atoms with Crippen LogP contribution in [0, 0.1) is 12.3 Å². The molecule has 3 N–H and O–H groups in total. The van der Waals surface area contributed by atoms with Crippen molar-refractivity contribution in [2.75, 3.05) is 13.2 Å². The van der Waals surface area contributed by atoms with Gasteiger partial charge >= 0.3 is 5.97 Å². The van der Waals surface area contributed by atoms with Gasteiger partial charge in [-0.25, -0.2) is 4.79 Å². The summed E-state index contributed by atoms with van der Waals surface area (Å²) in [5.41, 5.74) is 2.90. The third-order valence-electron chi connectivity index (χ3n) is 2.72. The van der Waals surface area contributed by atoms with E-state index in [0.29, 0.717) is 12.6 Å². The van der Waals surface area contributed by atoms with Crippen LogP contribution in [0.1, 0.15) is 23.6 Å². The number of aryl methyl sites for hydroxylation is 1. The van der Waals surface area contributed by atoms with Gasteiger partial charge in [-0.15, -0.1) is 6.42 Å². The Morgan fingerprint density at radius 3 is 2.78 bits per heavy atom. The van der Waals surface area contributed by atoms with Gasteiger partial charge in [0.05, 0.1) is 6.54 Å². The van der Waals surface area contributed by atoms with Crippen molar-refractivity contribution in [3.05, 3.63) is 35.4 Å². The molecule has 1 aliphatic rings. The summed E-state index contributed by atoms with van der Waals surface area (Å²) in [5.74, 6) is 1.42. The number of aliphatic hydroxyl groups excluding tert-OH is 1. The van der Waals surface area contributed by atoms with Gasteiger partial charge in [0.15, 0.2) is 0 Å². The van der Waals surface area contributed by atoms with E-state index in [1.165, 1.54) is 24.0 Å². The smallest absolute Gasteiger partial charge is 0.329 e. The van der Waals surface area contributed by atoms with Crippen LogP contribution >= 0.6 is 0 Å². The van der Waals surface area contributed by atoms with Gasteiger partial charge in [-0.1, -0.05) is 30.2 Å². The molecule has 1 aromatic carbocycles. The van der Waals surface area contributed by atoms with Gasteiger partial charge in [0.2, 0.25) is 0 Å². The molecular weight excluding hydrogens is 230 g/mol. The molecule has 0 spiro atoms. The standard InChI is InChI=1S/C12H13N.C2H4O3/c1-2-9-13-12-8-7-10-5-3-4-6-11(10)12;3-1-2(4)5/h1,3-6,12-13H,7-9H2;3H,1H2,(H,4,5)/t12-;/m1./s1. The largest absolute Gasteiger partial charge is 0.480 e. The molecule has 0 bridgehead atoms. The fourth-order valence-electron chi connectivity index (χ4n) is 1.95. The molecule has 0 amide bonds. The highest BCUT2D eigenvalue weighted by molar-refractivity contribution is 5.67. The van der Waals surface area contributed by atoms with Gasteiger partial charge in [0.1, 0.15) is 6.61 Å². The molecule has 0 heterocycles. The Bertz CT molecular complexity index is 437. The number of terminal acetylenes is 1. The van der Waals surface area contributed by atoms with E-state index in [1.54, 1.807) is 0 Å². The highest BCUT2D eigenvalue weighted by atomic mass is 16.4. The normalized spacial score (nSPS) is 16.1. The average Bonchev–Trinajstić information content (AvgIpc) is 2.80. The van der Waals surface area contributed by atoms with Crippen LogP contribution in [0.2, 0.25) is 0 Å². The van der Waals surface area contributed by atoms with Crippen LogP contribution in [0.3, 0.4) is 0 Å². The van der Waals surface area contributed by atoms with E-state index in [4.69, 9.17) is 21.4 Å². The molecule has 0 radical (unpaired) electrons. The second-order valence-electron chi connectivity index (χ2n) is 3.93. The Balaban J connectivity index is 0.000000280. The lowest BCUT2D eigenvalue weighted by atomic mass is 10.1. The molecular formula is C14H17NO3.